The topological polar surface area (TPSA) is 12.0 Å². The zero-order chi connectivity index (χ0) is 12.0. The van der Waals surface area contributed by atoms with Gasteiger partial charge in [0.05, 0.1) is 0 Å². The van der Waals surface area contributed by atoms with E-state index >= 15 is 0 Å². The highest BCUT2D eigenvalue weighted by molar-refractivity contribution is 7.09. The predicted molar refractivity (Wildman–Crippen MR) is 74.1 cm³/mol. The van der Waals surface area contributed by atoms with Gasteiger partial charge >= 0.3 is 0 Å². The second-order valence-corrected chi connectivity index (χ2v) is 6.20. The lowest BCUT2D eigenvalue weighted by Crippen LogP contribution is -2.36. The van der Waals surface area contributed by atoms with Crippen molar-refractivity contribution in [1.82, 2.24) is 5.32 Å². The Morgan fingerprint density at radius 2 is 2.19 bits per heavy atom. The minimum atomic E-state index is 0.417. The van der Waals surface area contributed by atoms with Crippen LogP contribution in [0, 0.1) is 11.3 Å². The molecule has 0 aliphatic heterocycles. The standard InChI is InChI=1S/C14H25NS/c1-5-15-11-14(4,12(2)3)9-8-13-7-6-10-16-13/h6-7,10,12,15H,5,8-9,11H2,1-4H3. The molecule has 0 aromatic carbocycles. The van der Waals surface area contributed by atoms with Gasteiger partial charge in [-0.1, -0.05) is 33.8 Å². The number of thiophene rings is 1. The Morgan fingerprint density at radius 1 is 1.44 bits per heavy atom. The monoisotopic (exact) mass is 239 g/mol. The molecule has 1 aromatic rings. The van der Waals surface area contributed by atoms with Crippen molar-refractivity contribution >= 4 is 11.3 Å². The molecule has 1 nitrogen and oxygen atoms in total. The molecule has 0 fully saturated rings. The van der Waals surface area contributed by atoms with Crippen molar-refractivity contribution in [2.45, 2.75) is 40.5 Å². The minimum Gasteiger partial charge on any atom is -0.316 e. The van der Waals surface area contributed by atoms with Crippen LogP contribution in [-0.4, -0.2) is 13.1 Å². The maximum atomic E-state index is 3.50. The number of hydrogen-bond donors (Lipinski definition) is 1. The van der Waals surface area contributed by atoms with Crippen LogP contribution in [0.15, 0.2) is 17.5 Å². The molecule has 0 bridgehead atoms. The van der Waals surface area contributed by atoms with Crippen LogP contribution in [0.5, 0.6) is 0 Å². The normalized spacial score (nSPS) is 15.3. The second kappa shape index (κ2) is 6.41. The molecular formula is C14H25NS. The van der Waals surface area contributed by atoms with Gasteiger partial charge in [-0.2, -0.15) is 0 Å². The van der Waals surface area contributed by atoms with Crippen LogP contribution in [-0.2, 0) is 6.42 Å². The van der Waals surface area contributed by atoms with Crippen LogP contribution in [0.25, 0.3) is 0 Å². The predicted octanol–water partition coefficient (Wildman–Crippen LogP) is 3.95. The highest BCUT2D eigenvalue weighted by atomic mass is 32.1. The second-order valence-electron chi connectivity index (χ2n) is 5.17. The van der Waals surface area contributed by atoms with E-state index in [2.05, 4.69) is 50.5 Å². The first-order valence-electron chi connectivity index (χ1n) is 6.31. The molecule has 0 saturated carbocycles. The van der Waals surface area contributed by atoms with Crippen LogP contribution >= 0.6 is 11.3 Å². The maximum absolute atomic E-state index is 3.50. The molecule has 1 atom stereocenters. The van der Waals surface area contributed by atoms with E-state index in [1.807, 2.05) is 11.3 Å². The maximum Gasteiger partial charge on any atom is 0.00454 e. The molecule has 0 aliphatic rings. The lowest BCUT2D eigenvalue weighted by Gasteiger charge is -2.34. The van der Waals surface area contributed by atoms with Gasteiger partial charge in [-0.05, 0) is 42.2 Å². The van der Waals surface area contributed by atoms with Crippen molar-refractivity contribution in [3.8, 4) is 0 Å². The Balaban J connectivity index is 2.50. The Labute approximate surface area is 104 Å². The summed E-state index contributed by atoms with van der Waals surface area (Å²) in [6, 6.07) is 4.40. The van der Waals surface area contributed by atoms with E-state index in [-0.39, 0.29) is 0 Å². The molecule has 1 aromatic heterocycles. The molecule has 2 heteroatoms. The molecule has 16 heavy (non-hydrogen) atoms. The molecule has 1 rings (SSSR count). The lowest BCUT2D eigenvalue weighted by atomic mass is 9.75. The lowest BCUT2D eigenvalue weighted by molar-refractivity contribution is 0.193. The molecule has 92 valence electrons. The quantitative estimate of drug-likeness (QED) is 0.759. The Hall–Kier alpha value is -0.340. The summed E-state index contributed by atoms with van der Waals surface area (Å²) in [5.74, 6) is 0.728. The highest BCUT2D eigenvalue weighted by Crippen LogP contribution is 2.32. The summed E-state index contributed by atoms with van der Waals surface area (Å²) in [6.45, 7) is 11.5. The SMILES string of the molecule is CCNCC(C)(CCc1cccs1)C(C)C. The highest BCUT2D eigenvalue weighted by Gasteiger charge is 2.27. The molecule has 1 N–H and O–H groups in total. The largest absolute Gasteiger partial charge is 0.316 e. The summed E-state index contributed by atoms with van der Waals surface area (Å²) in [6.07, 6.45) is 2.50. The summed E-state index contributed by atoms with van der Waals surface area (Å²) in [5, 5.41) is 5.68. The van der Waals surface area contributed by atoms with Crippen molar-refractivity contribution in [3.05, 3.63) is 22.4 Å². The van der Waals surface area contributed by atoms with E-state index in [1.54, 1.807) is 0 Å². The van der Waals surface area contributed by atoms with E-state index in [1.165, 1.54) is 17.7 Å². The first kappa shape index (κ1) is 13.7. The van der Waals surface area contributed by atoms with Crippen molar-refractivity contribution in [3.63, 3.8) is 0 Å². The fourth-order valence-corrected chi connectivity index (χ4v) is 2.56. The van der Waals surface area contributed by atoms with Crippen LogP contribution in [0.3, 0.4) is 0 Å². The number of aryl methyl sites for hydroxylation is 1. The molecule has 0 aliphatic carbocycles. The first-order chi connectivity index (χ1) is 7.58. The smallest absolute Gasteiger partial charge is 0.00454 e. The van der Waals surface area contributed by atoms with Crippen molar-refractivity contribution in [2.24, 2.45) is 11.3 Å². The van der Waals surface area contributed by atoms with Gasteiger partial charge in [0, 0.05) is 11.4 Å². The van der Waals surface area contributed by atoms with E-state index in [9.17, 15) is 0 Å². The van der Waals surface area contributed by atoms with Crippen LogP contribution < -0.4 is 5.32 Å². The van der Waals surface area contributed by atoms with E-state index in [0.717, 1.165) is 19.0 Å². The van der Waals surface area contributed by atoms with Crippen LogP contribution in [0.1, 0.15) is 39.0 Å². The van der Waals surface area contributed by atoms with Gasteiger partial charge in [0.2, 0.25) is 0 Å². The summed E-state index contributed by atoms with van der Waals surface area (Å²) >= 11 is 1.88. The summed E-state index contributed by atoms with van der Waals surface area (Å²) in [7, 11) is 0. The van der Waals surface area contributed by atoms with Crippen molar-refractivity contribution in [2.75, 3.05) is 13.1 Å². The van der Waals surface area contributed by atoms with Gasteiger partial charge in [-0.25, -0.2) is 0 Å². The summed E-state index contributed by atoms with van der Waals surface area (Å²) in [5.41, 5.74) is 0.417. The fraction of sp³-hybridized carbons (Fsp3) is 0.714. The Kier molecular flexibility index (Phi) is 5.50. The van der Waals surface area contributed by atoms with Gasteiger partial charge in [0.25, 0.3) is 0 Å². The van der Waals surface area contributed by atoms with Crippen LogP contribution in [0.2, 0.25) is 0 Å². The zero-order valence-electron chi connectivity index (χ0n) is 11.0. The van der Waals surface area contributed by atoms with Crippen molar-refractivity contribution < 1.29 is 0 Å². The van der Waals surface area contributed by atoms with Gasteiger partial charge < -0.3 is 5.32 Å². The number of rotatable bonds is 7. The zero-order valence-corrected chi connectivity index (χ0v) is 11.9. The van der Waals surface area contributed by atoms with Crippen molar-refractivity contribution in [1.29, 1.82) is 0 Å². The molecular weight excluding hydrogens is 214 g/mol. The fourth-order valence-electron chi connectivity index (χ4n) is 1.86. The number of hydrogen-bond acceptors (Lipinski definition) is 2. The van der Waals surface area contributed by atoms with E-state index in [4.69, 9.17) is 0 Å². The van der Waals surface area contributed by atoms with E-state index < -0.39 is 0 Å². The van der Waals surface area contributed by atoms with E-state index in [0.29, 0.717) is 5.41 Å². The average molecular weight is 239 g/mol. The van der Waals surface area contributed by atoms with Gasteiger partial charge in [0.1, 0.15) is 0 Å². The molecule has 0 saturated heterocycles. The first-order valence-corrected chi connectivity index (χ1v) is 7.19. The third-order valence-electron chi connectivity index (χ3n) is 3.70. The Morgan fingerprint density at radius 3 is 2.69 bits per heavy atom. The Bertz CT molecular complexity index is 279. The molecule has 0 radical (unpaired) electrons. The van der Waals surface area contributed by atoms with Gasteiger partial charge in [0.15, 0.2) is 0 Å². The summed E-state index contributed by atoms with van der Waals surface area (Å²) in [4.78, 5) is 1.52. The van der Waals surface area contributed by atoms with Gasteiger partial charge in [-0.15, -0.1) is 11.3 Å². The molecule has 1 heterocycles. The molecule has 1 unspecified atom stereocenters. The molecule has 0 amide bonds. The minimum absolute atomic E-state index is 0.417. The number of nitrogens with one attached hydrogen (secondary N) is 1. The molecule has 0 spiro atoms. The third kappa shape index (κ3) is 3.91. The van der Waals surface area contributed by atoms with Crippen LogP contribution in [0.4, 0.5) is 0 Å². The summed E-state index contributed by atoms with van der Waals surface area (Å²) < 4.78 is 0. The third-order valence-corrected chi connectivity index (χ3v) is 4.63. The van der Waals surface area contributed by atoms with Gasteiger partial charge in [-0.3, -0.25) is 0 Å². The average Bonchev–Trinajstić information content (AvgIpc) is 2.76.